The van der Waals surface area contributed by atoms with Crippen LogP contribution in [-0.2, 0) is 11.2 Å². The van der Waals surface area contributed by atoms with Crippen molar-refractivity contribution in [3.05, 3.63) is 35.9 Å². The molecule has 4 heteroatoms. The smallest absolute Gasteiger partial charge is 0.223 e. The second kappa shape index (κ2) is 9.80. The van der Waals surface area contributed by atoms with E-state index in [-0.39, 0.29) is 23.7 Å². The highest BCUT2D eigenvalue weighted by Gasteiger charge is 2.23. The molecule has 0 bridgehead atoms. The fraction of sp³-hybridized carbons (Fsp3) is 0.588. The SMILES string of the molecule is CCC(C)(C)CC(=O)N(CCN)CCc1ccccc1.Cl. The zero-order chi connectivity index (χ0) is 15.0. The van der Waals surface area contributed by atoms with Crippen molar-refractivity contribution in [1.29, 1.82) is 0 Å². The molecule has 0 atom stereocenters. The van der Waals surface area contributed by atoms with Crippen LogP contribution in [0.5, 0.6) is 0 Å². The lowest BCUT2D eigenvalue weighted by Crippen LogP contribution is -2.38. The molecule has 0 radical (unpaired) electrons. The number of nitrogens with two attached hydrogens (primary N) is 1. The molecule has 1 amide bonds. The third-order valence-electron chi connectivity index (χ3n) is 3.85. The van der Waals surface area contributed by atoms with E-state index in [0.717, 1.165) is 19.4 Å². The topological polar surface area (TPSA) is 46.3 Å². The van der Waals surface area contributed by atoms with Crippen LogP contribution in [0.4, 0.5) is 0 Å². The molecular weight excluding hydrogens is 284 g/mol. The van der Waals surface area contributed by atoms with Gasteiger partial charge in [-0.3, -0.25) is 4.79 Å². The summed E-state index contributed by atoms with van der Waals surface area (Å²) < 4.78 is 0. The predicted octanol–water partition coefficient (Wildman–Crippen LogP) is 3.26. The van der Waals surface area contributed by atoms with Crippen molar-refractivity contribution in [1.82, 2.24) is 4.90 Å². The molecule has 0 heterocycles. The lowest BCUT2D eigenvalue weighted by Gasteiger charge is -2.28. The molecular formula is C17H29ClN2O. The molecule has 2 N–H and O–H groups in total. The fourth-order valence-electron chi connectivity index (χ4n) is 2.07. The van der Waals surface area contributed by atoms with Crippen LogP contribution in [0, 0.1) is 5.41 Å². The van der Waals surface area contributed by atoms with Gasteiger partial charge < -0.3 is 10.6 Å². The van der Waals surface area contributed by atoms with Crippen molar-refractivity contribution < 1.29 is 4.79 Å². The van der Waals surface area contributed by atoms with Gasteiger partial charge in [-0.25, -0.2) is 0 Å². The third kappa shape index (κ3) is 7.49. The molecule has 1 aromatic carbocycles. The Bertz CT molecular complexity index is 407. The van der Waals surface area contributed by atoms with E-state index < -0.39 is 0 Å². The summed E-state index contributed by atoms with van der Waals surface area (Å²) in [6, 6.07) is 10.3. The molecule has 0 aromatic heterocycles. The number of hydrogen-bond acceptors (Lipinski definition) is 2. The Labute approximate surface area is 135 Å². The van der Waals surface area contributed by atoms with Crippen molar-refractivity contribution in [3.8, 4) is 0 Å². The Morgan fingerprint density at radius 2 is 1.81 bits per heavy atom. The first-order chi connectivity index (χ1) is 9.48. The van der Waals surface area contributed by atoms with Crippen LogP contribution in [-0.4, -0.2) is 30.4 Å². The molecule has 0 spiro atoms. The minimum Gasteiger partial charge on any atom is -0.341 e. The maximum Gasteiger partial charge on any atom is 0.223 e. The van der Waals surface area contributed by atoms with E-state index in [0.29, 0.717) is 19.5 Å². The van der Waals surface area contributed by atoms with Crippen LogP contribution in [0.15, 0.2) is 30.3 Å². The molecule has 0 aliphatic heterocycles. The Balaban J connectivity index is 0.00000400. The van der Waals surface area contributed by atoms with E-state index in [1.807, 2.05) is 23.1 Å². The molecule has 0 aliphatic carbocycles. The Morgan fingerprint density at radius 3 is 2.33 bits per heavy atom. The lowest BCUT2D eigenvalue weighted by molar-refractivity contribution is -0.133. The zero-order valence-corrected chi connectivity index (χ0v) is 14.3. The van der Waals surface area contributed by atoms with Gasteiger partial charge in [-0.15, -0.1) is 12.4 Å². The van der Waals surface area contributed by atoms with Crippen molar-refractivity contribution in [2.45, 2.75) is 40.0 Å². The van der Waals surface area contributed by atoms with Crippen molar-refractivity contribution >= 4 is 18.3 Å². The number of amides is 1. The number of halogens is 1. The van der Waals surface area contributed by atoms with Gasteiger partial charge in [0, 0.05) is 26.1 Å². The standard InChI is InChI=1S/C17H28N2O.ClH/c1-4-17(2,3)14-16(20)19(13-11-18)12-10-15-8-6-5-7-9-15;/h5-9H,4,10-14,18H2,1-3H3;1H. The highest BCUT2D eigenvalue weighted by atomic mass is 35.5. The van der Waals surface area contributed by atoms with E-state index in [9.17, 15) is 4.79 Å². The molecule has 0 aliphatic rings. The average molecular weight is 313 g/mol. The van der Waals surface area contributed by atoms with E-state index in [1.54, 1.807) is 0 Å². The first kappa shape index (κ1) is 19.9. The summed E-state index contributed by atoms with van der Waals surface area (Å²) in [7, 11) is 0. The summed E-state index contributed by atoms with van der Waals surface area (Å²) in [4.78, 5) is 14.3. The largest absolute Gasteiger partial charge is 0.341 e. The molecule has 0 unspecified atom stereocenters. The van der Waals surface area contributed by atoms with E-state index in [4.69, 9.17) is 5.73 Å². The van der Waals surface area contributed by atoms with Crippen molar-refractivity contribution in [2.75, 3.05) is 19.6 Å². The summed E-state index contributed by atoms with van der Waals surface area (Å²) in [5.41, 5.74) is 6.97. The Morgan fingerprint density at radius 1 is 1.19 bits per heavy atom. The van der Waals surface area contributed by atoms with Gasteiger partial charge in [-0.1, -0.05) is 57.5 Å². The summed E-state index contributed by atoms with van der Waals surface area (Å²) >= 11 is 0. The number of benzene rings is 1. The van der Waals surface area contributed by atoms with E-state index >= 15 is 0 Å². The van der Waals surface area contributed by atoms with Crippen molar-refractivity contribution in [2.24, 2.45) is 11.1 Å². The number of nitrogens with zero attached hydrogens (tertiary/aromatic N) is 1. The number of carbonyl (C=O) groups excluding carboxylic acids is 1. The quantitative estimate of drug-likeness (QED) is 0.801. The van der Waals surface area contributed by atoms with Gasteiger partial charge in [-0.05, 0) is 17.4 Å². The predicted molar refractivity (Wildman–Crippen MR) is 91.7 cm³/mol. The number of carbonyl (C=O) groups is 1. The second-order valence-electron chi connectivity index (χ2n) is 6.10. The van der Waals surface area contributed by atoms with Crippen LogP contribution >= 0.6 is 12.4 Å². The average Bonchev–Trinajstić information content (AvgIpc) is 2.44. The third-order valence-corrected chi connectivity index (χ3v) is 3.85. The van der Waals surface area contributed by atoms with Gasteiger partial charge in [0.05, 0.1) is 0 Å². The molecule has 0 saturated carbocycles. The van der Waals surface area contributed by atoms with Crippen LogP contribution < -0.4 is 5.73 Å². The monoisotopic (exact) mass is 312 g/mol. The first-order valence-electron chi connectivity index (χ1n) is 7.50. The highest BCUT2D eigenvalue weighted by Crippen LogP contribution is 2.25. The fourth-order valence-corrected chi connectivity index (χ4v) is 2.07. The van der Waals surface area contributed by atoms with Crippen LogP contribution in [0.2, 0.25) is 0 Å². The van der Waals surface area contributed by atoms with E-state index in [1.165, 1.54) is 5.56 Å². The van der Waals surface area contributed by atoms with E-state index in [2.05, 4.69) is 32.9 Å². The molecule has 1 aromatic rings. The summed E-state index contributed by atoms with van der Waals surface area (Å²) in [6.45, 7) is 8.33. The van der Waals surface area contributed by atoms with Gasteiger partial charge in [0.1, 0.15) is 0 Å². The maximum absolute atomic E-state index is 12.4. The van der Waals surface area contributed by atoms with Crippen LogP contribution in [0.25, 0.3) is 0 Å². The van der Waals surface area contributed by atoms with Crippen LogP contribution in [0.3, 0.4) is 0 Å². The summed E-state index contributed by atoms with van der Waals surface area (Å²) in [6.07, 6.45) is 2.49. The second-order valence-corrected chi connectivity index (χ2v) is 6.10. The molecule has 0 saturated heterocycles. The molecule has 21 heavy (non-hydrogen) atoms. The normalized spacial score (nSPS) is 10.9. The van der Waals surface area contributed by atoms with Crippen LogP contribution in [0.1, 0.15) is 39.2 Å². The first-order valence-corrected chi connectivity index (χ1v) is 7.50. The number of hydrogen-bond donors (Lipinski definition) is 1. The van der Waals surface area contributed by atoms with Gasteiger partial charge in [0.15, 0.2) is 0 Å². The Hall–Kier alpha value is -1.06. The molecule has 0 fully saturated rings. The summed E-state index contributed by atoms with van der Waals surface area (Å²) in [5.74, 6) is 0.221. The zero-order valence-electron chi connectivity index (χ0n) is 13.5. The van der Waals surface area contributed by atoms with Gasteiger partial charge in [-0.2, -0.15) is 0 Å². The van der Waals surface area contributed by atoms with Gasteiger partial charge in [0.2, 0.25) is 5.91 Å². The molecule has 1 rings (SSSR count). The van der Waals surface area contributed by atoms with Gasteiger partial charge in [0.25, 0.3) is 0 Å². The molecule has 3 nitrogen and oxygen atoms in total. The Kier molecular flexibility index (Phi) is 9.31. The molecule has 120 valence electrons. The minimum atomic E-state index is 0. The lowest BCUT2D eigenvalue weighted by atomic mass is 9.86. The number of rotatable bonds is 8. The maximum atomic E-state index is 12.4. The highest BCUT2D eigenvalue weighted by molar-refractivity contribution is 5.85. The van der Waals surface area contributed by atoms with Gasteiger partial charge >= 0.3 is 0 Å². The summed E-state index contributed by atoms with van der Waals surface area (Å²) in [5, 5.41) is 0. The van der Waals surface area contributed by atoms with Crippen molar-refractivity contribution in [3.63, 3.8) is 0 Å². The minimum absolute atomic E-state index is 0.